The average molecular weight is 357 g/mol. The van der Waals surface area contributed by atoms with Gasteiger partial charge in [-0.25, -0.2) is 9.97 Å². The first-order valence-corrected chi connectivity index (χ1v) is 7.67. The molecule has 24 heavy (non-hydrogen) atoms. The van der Waals surface area contributed by atoms with Gasteiger partial charge in [0, 0.05) is 23.7 Å². The third-order valence-electron chi connectivity index (χ3n) is 3.89. The third kappa shape index (κ3) is 3.21. The molecule has 8 nitrogen and oxygen atoms in total. The number of aliphatic carboxylic acids is 1. The van der Waals surface area contributed by atoms with E-state index in [4.69, 9.17) is 4.74 Å². The molecular weight excluding hydrogens is 345 g/mol. The number of hydrogen-bond donors (Lipinski definition) is 0. The maximum absolute atomic E-state index is 12.2. The first kappa shape index (κ1) is 18.9. The van der Waals surface area contributed by atoms with E-state index in [1.165, 1.54) is 4.90 Å². The number of nitrogens with zero attached hydrogens (tertiary/aromatic N) is 3. The van der Waals surface area contributed by atoms with Crippen molar-refractivity contribution in [2.24, 2.45) is 5.92 Å². The minimum Gasteiger partial charge on any atom is -0.543 e. The maximum atomic E-state index is 12.2. The summed E-state index contributed by atoms with van der Waals surface area (Å²) in [7, 11) is 0. The Morgan fingerprint density at radius 2 is 2.17 bits per heavy atom. The van der Waals surface area contributed by atoms with Gasteiger partial charge in [0.15, 0.2) is 5.16 Å². The van der Waals surface area contributed by atoms with Gasteiger partial charge in [-0.05, 0) is 13.0 Å². The molecule has 1 saturated heterocycles. The van der Waals surface area contributed by atoms with Crippen LogP contribution < -0.4 is 34.7 Å². The molecule has 0 radical (unpaired) electrons. The number of hydrogen-bond acceptors (Lipinski definition) is 8. The fraction of sp³-hybridized carbons (Fsp3) is 0.357. The number of carboxylic acids is 1. The molecule has 10 heteroatoms. The van der Waals surface area contributed by atoms with Crippen molar-refractivity contribution in [3.8, 4) is 0 Å². The van der Waals surface area contributed by atoms with E-state index in [0.29, 0.717) is 16.5 Å². The fourth-order valence-electron chi connectivity index (χ4n) is 2.92. The Labute approximate surface area is 164 Å². The summed E-state index contributed by atoms with van der Waals surface area (Å²) in [6, 6.07) is 1.30. The molecular formula is C14H12N3NaO5S. The van der Waals surface area contributed by atoms with Crippen molar-refractivity contribution >= 4 is 30.1 Å². The molecule has 0 spiro atoms. The summed E-state index contributed by atoms with van der Waals surface area (Å²) in [5.74, 6) is -2.35. The SMILES string of the molecule is C[C@@H](OC=O)[C@H]1C(=O)N2C(C(=O)[O-])=C(Sc3ncccn3)C[C@H]12.[Na+]. The van der Waals surface area contributed by atoms with Crippen molar-refractivity contribution in [3.05, 3.63) is 29.1 Å². The zero-order valence-corrected chi connectivity index (χ0v) is 15.9. The summed E-state index contributed by atoms with van der Waals surface area (Å²) in [5, 5.41) is 11.8. The van der Waals surface area contributed by atoms with E-state index in [2.05, 4.69) is 9.97 Å². The molecule has 2 aliphatic heterocycles. The second-order valence-electron chi connectivity index (χ2n) is 5.14. The summed E-state index contributed by atoms with van der Waals surface area (Å²) in [4.78, 5) is 43.9. The Morgan fingerprint density at radius 1 is 1.50 bits per heavy atom. The van der Waals surface area contributed by atoms with Crippen LogP contribution in [0.2, 0.25) is 0 Å². The van der Waals surface area contributed by atoms with Crippen LogP contribution in [0.5, 0.6) is 0 Å². The standard InChI is InChI=1S/C14H13N3O5S.Na/c1-7(22-6-18)10-8-5-9(23-14-15-3-2-4-16-14)11(13(20)21)17(8)12(10)19;/h2-4,6-8,10H,5H2,1H3,(H,20,21);/q;+1/p-1/t7-,8-,10-;/m1./s1. The van der Waals surface area contributed by atoms with E-state index in [-0.39, 0.29) is 53.7 Å². The number of amides is 1. The zero-order valence-electron chi connectivity index (χ0n) is 13.0. The van der Waals surface area contributed by atoms with Crippen LogP contribution in [-0.2, 0) is 19.1 Å². The molecule has 0 N–H and O–H groups in total. The van der Waals surface area contributed by atoms with Gasteiger partial charge in [-0.1, -0.05) is 11.8 Å². The molecule has 0 bridgehead atoms. The molecule has 1 aromatic heterocycles. The summed E-state index contributed by atoms with van der Waals surface area (Å²) in [6.07, 6.45) is 2.83. The van der Waals surface area contributed by atoms with Crippen LogP contribution in [0.25, 0.3) is 0 Å². The number of carboxylic acid groups (broad SMARTS) is 1. The van der Waals surface area contributed by atoms with Crippen LogP contribution in [0.4, 0.5) is 0 Å². The van der Waals surface area contributed by atoms with Gasteiger partial charge in [-0.15, -0.1) is 0 Å². The number of thioether (sulfide) groups is 1. The number of fused-ring (bicyclic) bond motifs is 1. The first-order valence-electron chi connectivity index (χ1n) is 6.86. The van der Waals surface area contributed by atoms with Crippen molar-refractivity contribution in [1.29, 1.82) is 0 Å². The number of rotatable bonds is 6. The number of β-lactam (4-membered cyclic amide) rings is 1. The van der Waals surface area contributed by atoms with E-state index in [1.54, 1.807) is 25.4 Å². The fourth-order valence-corrected chi connectivity index (χ4v) is 3.90. The van der Waals surface area contributed by atoms with E-state index in [1.807, 2.05) is 0 Å². The number of carbonyl (C=O) groups excluding carboxylic acids is 3. The molecule has 0 unspecified atom stereocenters. The van der Waals surface area contributed by atoms with Gasteiger partial charge in [-0.2, -0.15) is 0 Å². The van der Waals surface area contributed by atoms with Gasteiger partial charge >= 0.3 is 29.6 Å². The Hall–Kier alpha value is -1.42. The Kier molecular flexibility index (Phi) is 6.02. The normalized spacial score (nSPS) is 23.0. The summed E-state index contributed by atoms with van der Waals surface area (Å²) in [5.41, 5.74) is -0.146. The van der Waals surface area contributed by atoms with Crippen molar-refractivity contribution in [2.75, 3.05) is 0 Å². The van der Waals surface area contributed by atoms with Gasteiger partial charge in [-0.3, -0.25) is 9.59 Å². The third-order valence-corrected chi connectivity index (χ3v) is 4.89. The number of carbonyl (C=O) groups is 3. The predicted octanol–water partition coefficient (Wildman–Crippen LogP) is -3.67. The Bertz CT molecular complexity index is 699. The average Bonchev–Trinajstić information content (AvgIpc) is 2.83. The molecule has 3 rings (SSSR count). The summed E-state index contributed by atoms with van der Waals surface area (Å²) >= 11 is 1.10. The molecule has 3 heterocycles. The molecule has 2 aliphatic rings. The van der Waals surface area contributed by atoms with E-state index in [9.17, 15) is 19.5 Å². The minimum atomic E-state index is -1.42. The van der Waals surface area contributed by atoms with Gasteiger partial charge in [0.1, 0.15) is 6.10 Å². The van der Waals surface area contributed by atoms with Crippen LogP contribution in [0, 0.1) is 5.92 Å². The predicted molar refractivity (Wildman–Crippen MR) is 75.3 cm³/mol. The van der Waals surface area contributed by atoms with Crippen molar-refractivity contribution < 1.29 is 53.8 Å². The van der Waals surface area contributed by atoms with Crippen LogP contribution in [-0.4, -0.2) is 45.4 Å². The van der Waals surface area contributed by atoms with Crippen LogP contribution in [0.3, 0.4) is 0 Å². The largest absolute Gasteiger partial charge is 1.00 e. The number of aromatic nitrogens is 2. The molecule has 3 atom stereocenters. The second kappa shape index (κ2) is 7.64. The van der Waals surface area contributed by atoms with Gasteiger partial charge < -0.3 is 19.5 Å². The van der Waals surface area contributed by atoms with Gasteiger partial charge in [0.25, 0.3) is 6.47 Å². The quantitative estimate of drug-likeness (QED) is 0.222. The molecule has 0 saturated carbocycles. The number of ether oxygens (including phenoxy) is 1. The summed E-state index contributed by atoms with van der Waals surface area (Å²) < 4.78 is 4.83. The first-order chi connectivity index (χ1) is 11.0. The molecule has 1 aromatic rings. The van der Waals surface area contributed by atoms with Crippen LogP contribution in [0.15, 0.2) is 34.2 Å². The second-order valence-corrected chi connectivity index (χ2v) is 6.20. The monoisotopic (exact) mass is 357 g/mol. The smallest absolute Gasteiger partial charge is 0.543 e. The summed E-state index contributed by atoms with van der Waals surface area (Å²) in [6.45, 7) is 1.90. The van der Waals surface area contributed by atoms with Gasteiger partial charge in [0.05, 0.1) is 23.6 Å². The zero-order chi connectivity index (χ0) is 16.6. The van der Waals surface area contributed by atoms with Crippen LogP contribution in [0.1, 0.15) is 13.3 Å². The van der Waals surface area contributed by atoms with E-state index in [0.717, 1.165) is 11.8 Å². The van der Waals surface area contributed by atoms with E-state index < -0.39 is 18.0 Å². The van der Waals surface area contributed by atoms with E-state index >= 15 is 0 Å². The van der Waals surface area contributed by atoms with Gasteiger partial charge in [0.2, 0.25) is 5.91 Å². The molecule has 1 fully saturated rings. The maximum Gasteiger partial charge on any atom is 1.00 e. The Balaban J connectivity index is 0.00000208. The molecule has 0 aliphatic carbocycles. The van der Waals surface area contributed by atoms with Crippen molar-refractivity contribution in [1.82, 2.24) is 14.9 Å². The van der Waals surface area contributed by atoms with Crippen molar-refractivity contribution in [3.63, 3.8) is 0 Å². The molecule has 120 valence electrons. The topological polar surface area (TPSA) is 113 Å². The van der Waals surface area contributed by atoms with Crippen LogP contribution >= 0.6 is 11.8 Å². The van der Waals surface area contributed by atoms with Crippen molar-refractivity contribution in [2.45, 2.75) is 30.6 Å². The minimum absolute atomic E-state index is 0. The molecule has 1 amide bonds. The molecule has 0 aromatic carbocycles. The Morgan fingerprint density at radius 3 is 2.75 bits per heavy atom.